The van der Waals surface area contributed by atoms with Gasteiger partial charge in [-0.25, -0.2) is 0 Å². The van der Waals surface area contributed by atoms with Crippen LogP contribution in [-0.2, 0) is 20.7 Å². The molecule has 1 amide bonds. The number of amides is 1. The third-order valence-corrected chi connectivity index (χ3v) is 4.14. The van der Waals surface area contributed by atoms with E-state index in [2.05, 4.69) is 4.74 Å². The standard InChI is InChI=1S/C19H28ClNO4/c1-14(8-9-18(21)22)13-25-17-11-15(10-16(20)12-17)6-4-3-5-7-19(23)24-2/h10-12,14H,3-9,13H2,1-2H3,(H2,21,22)/t14-/m0/s1. The normalized spacial score (nSPS) is 11.8. The lowest BCUT2D eigenvalue weighted by atomic mass is 10.1. The third kappa shape index (κ3) is 9.97. The average molecular weight is 370 g/mol. The first-order valence-corrected chi connectivity index (χ1v) is 9.06. The lowest BCUT2D eigenvalue weighted by Gasteiger charge is -2.13. The number of ether oxygens (including phenoxy) is 2. The maximum Gasteiger partial charge on any atom is 0.305 e. The molecule has 0 fully saturated rings. The van der Waals surface area contributed by atoms with E-state index in [0.29, 0.717) is 30.9 Å². The van der Waals surface area contributed by atoms with Gasteiger partial charge >= 0.3 is 5.97 Å². The fraction of sp³-hybridized carbons (Fsp3) is 0.579. The number of hydrogen-bond donors (Lipinski definition) is 1. The Morgan fingerprint density at radius 1 is 1.16 bits per heavy atom. The number of aryl methyl sites for hydroxylation is 1. The Kier molecular flexibility index (Phi) is 10.0. The maximum atomic E-state index is 11.1. The summed E-state index contributed by atoms with van der Waals surface area (Å²) in [6.45, 7) is 2.54. The molecule has 1 rings (SSSR count). The van der Waals surface area contributed by atoms with E-state index < -0.39 is 0 Å². The highest BCUT2D eigenvalue weighted by molar-refractivity contribution is 6.30. The Bertz CT molecular complexity index is 562. The van der Waals surface area contributed by atoms with Crippen LogP contribution in [0.25, 0.3) is 0 Å². The summed E-state index contributed by atoms with van der Waals surface area (Å²) in [4.78, 5) is 21.9. The van der Waals surface area contributed by atoms with Gasteiger partial charge in [0, 0.05) is 17.9 Å². The van der Waals surface area contributed by atoms with Crippen molar-refractivity contribution in [3.8, 4) is 5.75 Å². The minimum absolute atomic E-state index is 0.163. The van der Waals surface area contributed by atoms with Crippen LogP contribution in [0, 0.1) is 5.92 Å². The number of esters is 1. The number of primary amides is 1. The minimum atomic E-state index is -0.288. The fourth-order valence-corrected chi connectivity index (χ4v) is 2.68. The topological polar surface area (TPSA) is 78.6 Å². The van der Waals surface area contributed by atoms with Crippen LogP contribution in [0.5, 0.6) is 5.75 Å². The minimum Gasteiger partial charge on any atom is -0.493 e. The van der Waals surface area contributed by atoms with E-state index in [1.165, 1.54) is 7.11 Å². The number of nitrogens with two attached hydrogens (primary N) is 1. The largest absolute Gasteiger partial charge is 0.493 e. The van der Waals surface area contributed by atoms with Crippen molar-refractivity contribution in [1.29, 1.82) is 0 Å². The van der Waals surface area contributed by atoms with E-state index in [1.54, 1.807) is 6.07 Å². The zero-order chi connectivity index (χ0) is 18.7. The highest BCUT2D eigenvalue weighted by Crippen LogP contribution is 2.23. The van der Waals surface area contributed by atoms with E-state index in [0.717, 1.165) is 37.0 Å². The van der Waals surface area contributed by atoms with Gasteiger partial charge in [0.05, 0.1) is 13.7 Å². The molecule has 25 heavy (non-hydrogen) atoms. The fourth-order valence-electron chi connectivity index (χ4n) is 2.44. The van der Waals surface area contributed by atoms with Crippen LogP contribution in [0.3, 0.4) is 0 Å². The Morgan fingerprint density at radius 2 is 1.92 bits per heavy atom. The van der Waals surface area contributed by atoms with Crippen molar-refractivity contribution in [2.24, 2.45) is 11.7 Å². The highest BCUT2D eigenvalue weighted by atomic mass is 35.5. The number of hydrogen-bond acceptors (Lipinski definition) is 4. The van der Waals surface area contributed by atoms with E-state index in [1.807, 2.05) is 19.1 Å². The first-order chi connectivity index (χ1) is 11.9. The first kappa shape index (κ1) is 21.3. The van der Waals surface area contributed by atoms with Crippen molar-refractivity contribution >= 4 is 23.5 Å². The van der Waals surface area contributed by atoms with Crippen LogP contribution in [0.15, 0.2) is 18.2 Å². The SMILES string of the molecule is COC(=O)CCCCCc1cc(Cl)cc(OC[C@@H](C)CCC(N)=O)c1. The van der Waals surface area contributed by atoms with Crippen molar-refractivity contribution in [2.75, 3.05) is 13.7 Å². The van der Waals surface area contributed by atoms with E-state index >= 15 is 0 Å². The Labute approximate surface area is 154 Å². The Hall–Kier alpha value is -1.75. The van der Waals surface area contributed by atoms with Gasteiger partial charge in [0.2, 0.25) is 5.91 Å². The molecule has 140 valence electrons. The Balaban J connectivity index is 2.39. The lowest BCUT2D eigenvalue weighted by Crippen LogP contribution is -2.15. The molecule has 1 aromatic carbocycles. The molecule has 1 atom stereocenters. The molecule has 0 unspecified atom stereocenters. The molecule has 0 saturated carbocycles. The van der Waals surface area contributed by atoms with Gasteiger partial charge in [0.1, 0.15) is 5.75 Å². The smallest absolute Gasteiger partial charge is 0.305 e. The predicted molar refractivity (Wildman–Crippen MR) is 98.7 cm³/mol. The van der Waals surface area contributed by atoms with Gasteiger partial charge in [-0.2, -0.15) is 0 Å². The molecule has 5 nitrogen and oxygen atoms in total. The van der Waals surface area contributed by atoms with Crippen LogP contribution in [0.4, 0.5) is 0 Å². The van der Waals surface area contributed by atoms with E-state index in [4.69, 9.17) is 22.1 Å². The summed E-state index contributed by atoms with van der Waals surface area (Å²) in [7, 11) is 1.41. The molecule has 0 radical (unpaired) electrons. The second kappa shape index (κ2) is 11.7. The molecule has 0 heterocycles. The number of rotatable bonds is 12. The molecular weight excluding hydrogens is 342 g/mol. The number of halogens is 1. The van der Waals surface area contributed by atoms with Crippen LogP contribution in [-0.4, -0.2) is 25.6 Å². The molecule has 6 heteroatoms. The first-order valence-electron chi connectivity index (χ1n) is 8.68. The number of carbonyl (C=O) groups is 2. The monoisotopic (exact) mass is 369 g/mol. The summed E-state index contributed by atoms with van der Waals surface area (Å²) < 4.78 is 10.4. The summed E-state index contributed by atoms with van der Waals surface area (Å²) in [5, 5.41) is 0.645. The zero-order valence-electron chi connectivity index (χ0n) is 15.1. The van der Waals surface area contributed by atoms with Crippen molar-refractivity contribution in [2.45, 2.75) is 51.9 Å². The van der Waals surface area contributed by atoms with Gasteiger partial charge in [-0.1, -0.05) is 24.9 Å². The maximum absolute atomic E-state index is 11.1. The predicted octanol–water partition coefficient (Wildman–Crippen LogP) is 3.90. The number of methoxy groups -OCH3 is 1. The van der Waals surface area contributed by atoms with Gasteiger partial charge in [0.25, 0.3) is 0 Å². The van der Waals surface area contributed by atoms with Gasteiger partial charge < -0.3 is 15.2 Å². The van der Waals surface area contributed by atoms with Crippen molar-refractivity contribution < 1.29 is 19.1 Å². The van der Waals surface area contributed by atoms with Crippen molar-refractivity contribution in [3.05, 3.63) is 28.8 Å². The van der Waals surface area contributed by atoms with Crippen LogP contribution in [0.1, 0.15) is 51.0 Å². The quantitative estimate of drug-likeness (QED) is 0.447. The van der Waals surface area contributed by atoms with Crippen LogP contribution >= 0.6 is 11.6 Å². The molecule has 2 N–H and O–H groups in total. The van der Waals surface area contributed by atoms with Crippen molar-refractivity contribution in [3.63, 3.8) is 0 Å². The summed E-state index contributed by atoms with van der Waals surface area (Å²) in [5.41, 5.74) is 6.27. The second-order valence-electron chi connectivity index (χ2n) is 6.35. The Morgan fingerprint density at radius 3 is 2.60 bits per heavy atom. The number of unbranched alkanes of at least 4 members (excludes halogenated alkanes) is 2. The zero-order valence-corrected chi connectivity index (χ0v) is 15.8. The molecule has 0 aliphatic rings. The summed E-state index contributed by atoms with van der Waals surface area (Å²) in [6.07, 6.45) is 5.19. The highest BCUT2D eigenvalue weighted by Gasteiger charge is 2.07. The molecular formula is C19H28ClNO4. The third-order valence-electron chi connectivity index (χ3n) is 3.92. The van der Waals surface area contributed by atoms with Crippen molar-refractivity contribution in [1.82, 2.24) is 0 Å². The van der Waals surface area contributed by atoms with E-state index in [-0.39, 0.29) is 17.8 Å². The van der Waals surface area contributed by atoms with Gasteiger partial charge in [-0.15, -0.1) is 0 Å². The molecule has 0 spiro atoms. The summed E-state index contributed by atoms with van der Waals surface area (Å²) >= 11 is 6.17. The molecule has 1 aromatic rings. The summed E-state index contributed by atoms with van der Waals surface area (Å²) in [5.74, 6) is 0.532. The molecule has 0 bridgehead atoms. The number of benzene rings is 1. The van der Waals surface area contributed by atoms with Crippen LogP contribution in [0.2, 0.25) is 5.02 Å². The van der Waals surface area contributed by atoms with Gasteiger partial charge in [-0.05, 0) is 55.4 Å². The van der Waals surface area contributed by atoms with Gasteiger partial charge in [-0.3, -0.25) is 9.59 Å². The number of carbonyl (C=O) groups excluding carboxylic acids is 2. The second-order valence-corrected chi connectivity index (χ2v) is 6.79. The molecule has 0 saturated heterocycles. The molecule has 0 aliphatic carbocycles. The lowest BCUT2D eigenvalue weighted by molar-refractivity contribution is -0.140. The molecule has 0 aromatic heterocycles. The summed E-state index contributed by atoms with van der Waals surface area (Å²) in [6, 6.07) is 5.72. The van der Waals surface area contributed by atoms with Gasteiger partial charge in [0.15, 0.2) is 0 Å². The average Bonchev–Trinajstić information content (AvgIpc) is 2.57. The van der Waals surface area contributed by atoms with Crippen LogP contribution < -0.4 is 10.5 Å². The molecule has 0 aliphatic heterocycles. The van der Waals surface area contributed by atoms with E-state index in [9.17, 15) is 9.59 Å².